The molecule has 0 bridgehead atoms. The van der Waals surface area contributed by atoms with E-state index in [1.54, 1.807) is 12.2 Å². The van der Waals surface area contributed by atoms with Crippen molar-refractivity contribution in [3.8, 4) is 0 Å². The zero-order valence-electron chi connectivity index (χ0n) is 14.7. The van der Waals surface area contributed by atoms with E-state index in [1.165, 1.54) is 0 Å². The second-order valence-electron chi connectivity index (χ2n) is 5.78. The highest BCUT2D eigenvalue weighted by Gasteiger charge is 2.01. The molecular formula is C20H32O4. The zero-order chi connectivity index (χ0) is 18.0. The standard InChI is InChI=1S/C20H32O4/c1-2-3-9-13-18(21)14-10-7-5-4-6-8-11-15-19(22)16-12-17-20(23)24/h5-8,10-11,14-15,18-19,21-22H,2-4,9,12-13,16-17H2,1H3,(H,23,24)/b7-5-,8-6+,14-10+,15-11+/t18-,19+/m0/s1. The van der Waals surface area contributed by atoms with Crippen molar-refractivity contribution >= 4 is 5.97 Å². The SMILES string of the molecule is CCCCC[C@H](O)/C=C/C=C\C/C=C/C=C/[C@@H](O)CCCC(=O)O. The lowest BCUT2D eigenvalue weighted by Crippen LogP contribution is -2.03. The fraction of sp³-hybridized carbons (Fsp3) is 0.550. The molecule has 0 aliphatic carbocycles. The van der Waals surface area contributed by atoms with Crippen LogP contribution in [0, 0.1) is 0 Å². The van der Waals surface area contributed by atoms with E-state index < -0.39 is 12.1 Å². The van der Waals surface area contributed by atoms with Gasteiger partial charge in [0, 0.05) is 6.42 Å². The Labute approximate surface area is 145 Å². The van der Waals surface area contributed by atoms with Gasteiger partial charge in [0.15, 0.2) is 0 Å². The third-order valence-corrected chi connectivity index (χ3v) is 3.43. The van der Waals surface area contributed by atoms with Crippen molar-refractivity contribution in [2.45, 2.75) is 70.5 Å². The number of allylic oxidation sites excluding steroid dienone is 6. The fourth-order valence-electron chi connectivity index (χ4n) is 2.04. The topological polar surface area (TPSA) is 77.8 Å². The summed E-state index contributed by atoms with van der Waals surface area (Å²) in [5.41, 5.74) is 0. The van der Waals surface area contributed by atoms with Crippen LogP contribution in [0.25, 0.3) is 0 Å². The number of aliphatic hydroxyl groups is 2. The predicted octanol–water partition coefficient (Wildman–Crippen LogP) is 4.16. The van der Waals surface area contributed by atoms with Crippen LogP contribution in [0.5, 0.6) is 0 Å². The molecule has 0 aromatic heterocycles. The van der Waals surface area contributed by atoms with Crippen molar-refractivity contribution in [2.24, 2.45) is 0 Å². The fourth-order valence-corrected chi connectivity index (χ4v) is 2.04. The minimum atomic E-state index is -0.833. The molecule has 4 heteroatoms. The van der Waals surface area contributed by atoms with Crippen LogP contribution in [-0.2, 0) is 4.79 Å². The molecule has 24 heavy (non-hydrogen) atoms. The zero-order valence-corrected chi connectivity index (χ0v) is 14.7. The molecule has 3 N–H and O–H groups in total. The van der Waals surface area contributed by atoms with Crippen LogP contribution >= 0.6 is 0 Å². The lowest BCUT2D eigenvalue weighted by atomic mass is 10.1. The van der Waals surface area contributed by atoms with E-state index in [4.69, 9.17) is 5.11 Å². The molecule has 0 fully saturated rings. The van der Waals surface area contributed by atoms with Crippen LogP contribution in [0.4, 0.5) is 0 Å². The van der Waals surface area contributed by atoms with Gasteiger partial charge in [-0.2, -0.15) is 0 Å². The van der Waals surface area contributed by atoms with Crippen molar-refractivity contribution in [3.05, 3.63) is 48.6 Å². The van der Waals surface area contributed by atoms with E-state index in [1.807, 2.05) is 36.5 Å². The van der Waals surface area contributed by atoms with Crippen LogP contribution in [0.15, 0.2) is 48.6 Å². The summed E-state index contributed by atoms with van der Waals surface area (Å²) in [7, 11) is 0. The summed E-state index contributed by atoms with van der Waals surface area (Å²) in [6.07, 6.45) is 19.9. The van der Waals surface area contributed by atoms with Gasteiger partial charge in [-0.3, -0.25) is 4.79 Å². The van der Waals surface area contributed by atoms with Gasteiger partial charge in [0.1, 0.15) is 0 Å². The molecule has 0 aliphatic rings. The number of carbonyl (C=O) groups is 1. The summed E-state index contributed by atoms with van der Waals surface area (Å²) in [5, 5.41) is 27.8. The number of carboxylic acid groups (broad SMARTS) is 1. The molecule has 2 atom stereocenters. The Balaban J connectivity index is 3.75. The Bertz CT molecular complexity index is 421. The summed E-state index contributed by atoms with van der Waals surface area (Å²) in [4.78, 5) is 10.3. The van der Waals surface area contributed by atoms with Crippen LogP contribution in [0.3, 0.4) is 0 Å². The Hall–Kier alpha value is -1.65. The van der Waals surface area contributed by atoms with E-state index in [0.29, 0.717) is 12.8 Å². The predicted molar refractivity (Wildman–Crippen MR) is 98.8 cm³/mol. The highest BCUT2D eigenvalue weighted by atomic mass is 16.4. The summed E-state index contributed by atoms with van der Waals surface area (Å²) in [5.74, 6) is -0.833. The smallest absolute Gasteiger partial charge is 0.303 e. The van der Waals surface area contributed by atoms with E-state index in [0.717, 1.165) is 32.1 Å². The molecule has 0 heterocycles. The summed E-state index contributed by atoms with van der Waals surface area (Å²) in [6.45, 7) is 2.15. The molecule has 4 nitrogen and oxygen atoms in total. The van der Waals surface area contributed by atoms with Crippen LogP contribution in [0.2, 0.25) is 0 Å². The van der Waals surface area contributed by atoms with E-state index in [9.17, 15) is 15.0 Å². The van der Waals surface area contributed by atoms with Gasteiger partial charge in [-0.05, 0) is 25.7 Å². The van der Waals surface area contributed by atoms with Crippen molar-refractivity contribution < 1.29 is 20.1 Å². The molecular weight excluding hydrogens is 304 g/mol. The van der Waals surface area contributed by atoms with Gasteiger partial charge in [0.2, 0.25) is 0 Å². The molecule has 0 aliphatic heterocycles. The third kappa shape index (κ3) is 16.7. The normalized spacial score (nSPS) is 15.1. The molecule has 0 amide bonds. The summed E-state index contributed by atoms with van der Waals surface area (Å²) in [6, 6.07) is 0. The average Bonchev–Trinajstić information content (AvgIpc) is 2.53. The number of hydrogen-bond donors (Lipinski definition) is 3. The maximum Gasteiger partial charge on any atom is 0.303 e. The number of aliphatic hydroxyl groups excluding tert-OH is 2. The number of hydrogen-bond acceptors (Lipinski definition) is 3. The minimum absolute atomic E-state index is 0.0896. The van der Waals surface area contributed by atoms with Gasteiger partial charge in [-0.1, -0.05) is 74.8 Å². The van der Waals surface area contributed by atoms with Gasteiger partial charge >= 0.3 is 5.97 Å². The van der Waals surface area contributed by atoms with E-state index >= 15 is 0 Å². The Morgan fingerprint density at radius 1 is 0.875 bits per heavy atom. The summed E-state index contributed by atoms with van der Waals surface area (Å²) < 4.78 is 0. The molecule has 0 spiro atoms. The molecule has 0 aromatic carbocycles. The lowest BCUT2D eigenvalue weighted by molar-refractivity contribution is -0.137. The number of aliphatic carboxylic acids is 1. The van der Waals surface area contributed by atoms with Crippen LogP contribution in [-0.4, -0.2) is 33.5 Å². The van der Waals surface area contributed by atoms with Gasteiger partial charge in [0.05, 0.1) is 12.2 Å². The molecule has 0 rings (SSSR count). The molecule has 0 saturated carbocycles. The summed E-state index contributed by atoms with van der Waals surface area (Å²) >= 11 is 0. The van der Waals surface area contributed by atoms with E-state index in [2.05, 4.69) is 6.92 Å². The average molecular weight is 336 g/mol. The second kappa shape index (κ2) is 16.2. The number of rotatable bonds is 14. The molecule has 0 saturated heterocycles. The highest BCUT2D eigenvalue weighted by Crippen LogP contribution is 2.04. The van der Waals surface area contributed by atoms with Crippen molar-refractivity contribution in [1.82, 2.24) is 0 Å². The van der Waals surface area contributed by atoms with Crippen LogP contribution < -0.4 is 0 Å². The molecule has 136 valence electrons. The van der Waals surface area contributed by atoms with Gasteiger partial charge in [0.25, 0.3) is 0 Å². The molecule has 0 unspecified atom stereocenters. The Morgan fingerprint density at radius 3 is 1.92 bits per heavy atom. The lowest BCUT2D eigenvalue weighted by Gasteiger charge is -2.02. The third-order valence-electron chi connectivity index (χ3n) is 3.43. The first-order chi connectivity index (χ1) is 11.6. The first kappa shape index (κ1) is 22.4. The van der Waals surface area contributed by atoms with E-state index in [-0.39, 0.29) is 12.5 Å². The van der Waals surface area contributed by atoms with Crippen molar-refractivity contribution in [3.63, 3.8) is 0 Å². The molecule has 0 aromatic rings. The maximum atomic E-state index is 10.3. The monoisotopic (exact) mass is 336 g/mol. The van der Waals surface area contributed by atoms with Gasteiger partial charge < -0.3 is 15.3 Å². The Morgan fingerprint density at radius 2 is 1.42 bits per heavy atom. The van der Waals surface area contributed by atoms with Crippen molar-refractivity contribution in [1.29, 1.82) is 0 Å². The van der Waals surface area contributed by atoms with Gasteiger partial charge in [-0.15, -0.1) is 0 Å². The minimum Gasteiger partial charge on any atom is -0.481 e. The maximum absolute atomic E-state index is 10.3. The second-order valence-corrected chi connectivity index (χ2v) is 5.78. The largest absolute Gasteiger partial charge is 0.481 e. The Kier molecular flexibility index (Phi) is 15.1. The first-order valence-electron chi connectivity index (χ1n) is 8.80. The van der Waals surface area contributed by atoms with Crippen molar-refractivity contribution in [2.75, 3.05) is 0 Å². The highest BCUT2D eigenvalue weighted by molar-refractivity contribution is 5.66. The van der Waals surface area contributed by atoms with Gasteiger partial charge in [-0.25, -0.2) is 0 Å². The number of unbranched alkanes of at least 4 members (excludes halogenated alkanes) is 2. The van der Waals surface area contributed by atoms with Crippen LogP contribution in [0.1, 0.15) is 58.3 Å². The first-order valence-corrected chi connectivity index (χ1v) is 8.80. The number of carboxylic acids is 1. The molecule has 0 radical (unpaired) electrons. The quantitative estimate of drug-likeness (QED) is 0.329.